The van der Waals surface area contributed by atoms with Crippen molar-refractivity contribution in [3.05, 3.63) is 143 Å². The van der Waals surface area contributed by atoms with E-state index in [1.807, 2.05) is 29.2 Å². The summed E-state index contributed by atoms with van der Waals surface area (Å²) in [5.74, 6) is 0.418. The van der Waals surface area contributed by atoms with Crippen LogP contribution in [0.15, 0.2) is 115 Å². The maximum Gasteiger partial charge on any atom is 0.259 e. The van der Waals surface area contributed by atoms with Crippen molar-refractivity contribution in [3.8, 4) is 0 Å². The molecule has 2 saturated heterocycles. The van der Waals surface area contributed by atoms with Gasteiger partial charge in [0, 0.05) is 61.3 Å². The summed E-state index contributed by atoms with van der Waals surface area (Å²) < 4.78 is 5.56. The second-order valence-corrected chi connectivity index (χ2v) is 13.3. The number of nitrogens with one attached hydrogen (secondary N) is 1. The summed E-state index contributed by atoms with van der Waals surface area (Å²) in [5, 5.41) is 3.03. The van der Waals surface area contributed by atoms with Gasteiger partial charge in [0.1, 0.15) is 5.82 Å². The smallest absolute Gasteiger partial charge is 0.259 e. The predicted octanol–water partition coefficient (Wildman–Crippen LogP) is 8.36. The first-order valence-electron chi connectivity index (χ1n) is 17.1. The number of ether oxygens (including phenoxy) is 1. The van der Waals surface area contributed by atoms with Gasteiger partial charge in [-0.15, -0.1) is 0 Å². The Morgan fingerprint density at radius 3 is 2.20 bits per heavy atom. The number of aromatic nitrogens is 1. The van der Waals surface area contributed by atoms with Gasteiger partial charge in [0.15, 0.2) is 0 Å². The summed E-state index contributed by atoms with van der Waals surface area (Å²) in [6, 6.07) is 35.7. The molecule has 4 heterocycles. The molecule has 49 heavy (non-hydrogen) atoms. The molecule has 0 radical (unpaired) electrons. The predicted molar refractivity (Wildman–Crippen MR) is 197 cm³/mol. The fraction of sp³-hybridized carbons (Fsp3) is 0.262. The number of pyridine rings is 1. The summed E-state index contributed by atoms with van der Waals surface area (Å²) >= 11 is 0. The molecule has 3 aliphatic rings. The second-order valence-electron chi connectivity index (χ2n) is 13.3. The first-order valence-corrected chi connectivity index (χ1v) is 17.1. The fourth-order valence-corrected chi connectivity index (χ4v) is 7.25. The molecule has 7 nitrogen and oxygen atoms in total. The van der Waals surface area contributed by atoms with Crippen LogP contribution in [-0.4, -0.2) is 49.6 Å². The molecule has 2 fully saturated rings. The molecule has 248 valence electrons. The Morgan fingerprint density at radius 1 is 0.796 bits per heavy atom. The number of benzene rings is 2. The molecule has 0 unspecified atom stereocenters. The van der Waals surface area contributed by atoms with Gasteiger partial charge in [-0.1, -0.05) is 72.3 Å². The molecule has 2 amide bonds. The molecule has 3 aromatic carbocycles. The lowest BCUT2D eigenvalue weighted by molar-refractivity contribution is -0.000509. The third kappa shape index (κ3) is 6.85. The van der Waals surface area contributed by atoms with Crippen LogP contribution in [0.1, 0.15) is 63.6 Å². The summed E-state index contributed by atoms with van der Waals surface area (Å²) in [7, 11) is 0. The van der Waals surface area contributed by atoms with E-state index >= 15 is 0 Å². The van der Waals surface area contributed by atoms with E-state index in [-0.39, 0.29) is 17.2 Å². The molecule has 7 rings (SSSR count). The van der Waals surface area contributed by atoms with Crippen molar-refractivity contribution in [2.45, 2.75) is 33.1 Å². The molecular formula is C42H42N4O3. The summed E-state index contributed by atoms with van der Waals surface area (Å²) in [5.41, 5.74) is 8.64. The van der Waals surface area contributed by atoms with Gasteiger partial charge in [-0.2, -0.15) is 0 Å². The van der Waals surface area contributed by atoms with Crippen molar-refractivity contribution in [2.24, 2.45) is 5.41 Å². The number of carbonyl (C=O) groups is 2. The van der Waals surface area contributed by atoms with E-state index in [4.69, 9.17) is 4.74 Å². The molecule has 1 spiro atoms. The summed E-state index contributed by atoms with van der Waals surface area (Å²) in [6.07, 6.45) is 4.54. The van der Waals surface area contributed by atoms with Crippen LogP contribution in [0.25, 0.3) is 11.1 Å². The molecule has 0 saturated carbocycles. The number of amides is 2. The topological polar surface area (TPSA) is 74.8 Å². The van der Waals surface area contributed by atoms with Gasteiger partial charge in [0.25, 0.3) is 11.8 Å². The minimum atomic E-state index is -0.217. The molecule has 1 N–H and O–H groups in total. The molecule has 1 aromatic heterocycles. The van der Waals surface area contributed by atoms with E-state index in [0.29, 0.717) is 35.6 Å². The standard InChI is InChI=1S/C42H42N4O3/c1-30-10-3-5-12-32(13-6-4-11-30)35-21-25-46(38-16-8-7-14-36(38)31(35)2)41(48)33-17-19-34(20-18-33)44-40(47)37-15-9-24-43-39(37)45-28-42(29-45)22-26-49-27-23-42/h3-20,24H,21-23,25-29H2,1-2H3,(H,44,47). The van der Waals surface area contributed by atoms with E-state index in [2.05, 4.69) is 83.6 Å². The monoisotopic (exact) mass is 650 g/mol. The van der Waals surface area contributed by atoms with Crippen LogP contribution in [0, 0.1) is 12.3 Å². The van der Waals surface area contributed by atoms with Crippen LogP contribution in [0.3, 0.4) is 0 Å². The van der Waals surface area contributed by atoms with Crippen LogP contribution in [0.5, 0.6) is 0 Å². The normalized spacial score (nSPS) is 16.6. The quantitative estimate of drug-likeness (QED) is 0.235. The third-order valence-corrected chi connectivity index (χ3v) is 10.0. The van der Waals surface area contributed by atoms with Gasteiger partial charge in [-0.3, -0.25) is 9.59 Å². The first-order chi connectivity index (χ1) is 23.9. The van der Waals surface area contributed by atoms with E-state index in [1.54, 1.807) is 36.5 Å². The molecule has 0 bridgehead atoms. The number of nitrogens with zero attached hydrogens (tertiary/aromatic N) is 3. The summed E-state index contributed by atoms with van der Waals surface area (Å²) in [6.45, 7) is 8.15. The number of para-hydroxylation sites is 1. The maximum atomic E-state index is 14.1. The highest BCUT2D eigenvalue weighted by Gasteiger charge is 2.45. The Kier molecular flexibility index (Phi) is 9.27. The van der Waals surface area contributed by atoms with Gasteiger partial charge in [0.05, 0.1) is 11.3 Å². The number of aryl methyl sites for hydroxylation is 1. The van der Waals surface area contributed by atoms with Crippen molar-refractivity contribution >= 4 is 40.2 Å². The average Bonchev–Trinajstić information content (AvgIpc) is 3.26. The number of rotatable bonds is 5. The van der Waals surface area contributed by atoms with Crippen LogP contribution >= 0.6 is 0 Å². The van der Waals surface area contributed by atoms with Gasteiger partial charge >= 0.3 is 0 Å². The van der Waals surface area contributed by atoms with Gasteiger partial charge in [-0.25, -0.2) is 4.98 Å². The van der Waals surface area contributed by atoms with E-state index in [9.17, 15) is 9.59 Å². The maximum absolute atomic E-state index is 14.1. The highest BCUT2D eigenvalue weighted by atomic mass is 16.5. The molecule has 0 aliphatic carbocycles. The number of allylic oxidation sites excluding steroid dienone is 1. The highest BCUT2D eigenvalue weighted by Crippen LogP contribution is 2.42. The zero-order chi connectivity index (χ0) is 33.8. The number of anilines is 3. The SMILES string of the molecule is CC1=C(c2ccccc(C)cccc2)CCN(C(=O)c2ccc(NC(=O)c3cccnc3N3CC4(CCOCC4)C3)cc2)c2ccccc21. The molecular weight excluding hydrogens is 608 g/mol. The number of hydrogen-bond donors (Lipinski definition) is 1. The first kappa shape index (κ1) is 32.3. The Labute approximate surface area is 288 Å². The lowest BCUT2D eigenvalue weighted by Crippen LogP contribution is -2.59. The van der Waals surface area contributed by atoms with Crippen LogP contribution in [0.4, 0.5) is 17.2 Å². The Balaban J connectivity index is 1.08. The molecule has 3 aliphatic heterocycles. The van der Waals surface area contributed by atoms with Crippen molar-refractivity contribution in [1.82, 2.24) is 4.98 Å². The number of carbonyl (C=O) groups excluding carboxylic acids is 2. The largest absolute Gasteiger partial charge is 0.381 e. The minimum Gasteiger partial charge on any atom is -0.381 e. The Hall–Kier alpha value is -5.27. The van der Waals surface area contributed by atoms with Gasteiger partial charge in [-0.05, 0) is 92.3 Å². The lowest BCUT2D eigenvalue weighted by Gasteiger charge is -2.53. The molecule has 7 heteroatoms. The van der Waals surface area contributed by atoms with E-state index < -0.39 is 0 Å². The number of hydrogen-bond acceptors (Lipinski definition) is 5. The van der Waals surface area contributed by atoms with Crippen molar-refractivity contribution in [3.63, 3.8) is 0 Å². The van der Waals surface area contributed by atoms with Crippen LogP contribution in [0.2, 0.25) is 0 Å². The van der Waals surface area contributed by atoms with Gasteiger partial charge in [0.2, 0.25) is 0 Å². The zero-order valence-corrected chi connectivity index (χ0v) is 28.2. The minimum absolute atomic E-state index is 0.0762. The third-order valence-electron chi connectivity index (χ3n) is 10.0. The Morgan fingerprint density at radius 2 is 1.47 bits per heavy atom. The van der Waals surface area contributed by atoms with Gasteiger partial charge < -0.3 is 19.9 Å². The van der Waals surface area contributed by atoms with Crippen molar-refractivity contribution < 1.29 is 14.3 Å². The van der Waals surface area contributed by atoms with E-state index in [1.165, 1.54) is 11.1 Å². The fourth-order valence-electron chi connectivity index (χ4n) is 7.25. The molecule has 0 atom stereocenters. The molecule has 4 aromatic rings. The van der Waals surface area contributed by atoms with Crippen LogP contribution in [-0.2, 0) is 4.74 Å². The van der Waals surface area contributed by atoms with Crippen molar-refractivity contribution in [1.29, 1.82) is 0 Å². The zero-order valence-electron chi connectivity index (χ0n) is 28.2. The second kappa shape index (κ2) is 14.1. The highest BCUT2D eigenvalue weighted by molar-refractivity contribution is 6.10. The number of fused-ring (bicyclic) bond motifs is 1. The lowest BCUT2D eigenvalue weighted by atomic mass is 9.73. The Bertz CT molecular complexity index is 1930. The summed E-state index contributed by atoms with van der Waals surface area (Å²) in [4.78, 5) is 36.2. The van der Waals surface area contributed by atoms with Crippen molar-refractivity contribution in [2.75, 3.05) is 48.0 Å². The average molecular weight is 651 g/mol. The van der Waals surface area contributed by atoms with Crippen LogP contribution < -0.4 is 15.1 Å². The van der Waals surface area contributed by atoms with E-state index in [0.717, 1.165) is 61.5 Å².